The lowest BCUT2D eigenvalue weighted by atomic mass is 10.1. The van der Waals surface area contributed by atoms with Gasteiger partial charge >= 0.3 is 0 Å². The number of para-hydroxylation sites is 4. The topological polar surface area (TPSA) is 67.7 Å². The van der Waals surface area contributed by atoms with E-state index >= 15 is 0 Å². The fourth-order valence-electron chi connectivity index (χ4n) is 5.21. The largest absolute Gasteiger partial charge is 0.492 e. The van der Waals surface area contributed by atoms with Gasteiger partial charge < -0.3 is 19.1 Å². The number of aromatic nitrogens is 2. The van der Waals surface area contributed by atoms with Crippen LogP contribution in [0.25, 0.3) is 11.0 Å². The number of carbonyl (C=O) groups excluding carboxylic acids is 2. The third kappa shape index (κ3) is 5.14. The van der Waals surface area contributed by atoms with Gasteiger partial charge in [0.15, 0.2) is 0 Å². The van der Waals surface area contributed by atoms with Crippen molar-refractivity contribution in [3.8, 4) is 5.75 Å². The van der Waals surface area contributed by atoms with Gasteiger partial charge in [-0.15, -0.1) is 0 Å². The van der Waals surface area contributed by atoms with Crippen LogP contribution in [-0.2, 0) is 22.7 Å². The number of anilines is 1. The first-order valence-corrected chi connectivity index (χ1v) is 13.3. The number of imidazole rings is 1. The van der Waals surface area contributed by atoms with Gasteiger partial charge in [0.05, 0.1) is 23.3 Å². The highest BCUT2D eigenvalue weighted by molar-refractivity contribution is 5.98. The highest BCUT2D eigenvalue weighted by Gasteiger charge is 2.36. The second-order valence-corrected chi connectivity index (χ2v) is 9.95. The van der Waals surface area contributed by atoms with E-state index in [0.29, 0.717) is 31.9 Å². The summed E-state index contributed by atoms with van der Waals surface area (Å²) in [6.07, 6.45) is 0.329. The van der Waals surface area contributed by atoms with Crippen molar-refractivity contribution in [1.29, 1.82) is 0 Å². The fourth-order valence-corrected chi connectivity index (χ4v) is 5.21. The first kappa shape index (κ1) is 25.5. The number of rotatable bonds is 9. The Morgan fingerprint density at radius 1 is 1.03 bits per heavy atom. The molecular formula is C31H34N4O3. The summed E-state index contributed by atoms with van der Waals surface area (Å²) in [6.45, 7) is 7.73. The maximum absolute atomic E-state index is 13.7. The van der Waals surface area contributed by atoms with E-state index in [2.05, 4.69) is 0 Å². The third-order valence-electron chi connectivity index (χ3n) is 7.06. The van der Waals surface area contributed by atoms with Crippen molar-refractivity contribution in [3.63, 3.8) is 0 Å². The number of carbonyl (C=O) groups is 2. The highest BCUT2D eigenvalue weighted by Crippen LogP contribution is 2.37. The quantitative estimate of drug-likeness (QED) is 0.303. The van der Waals surface area contributed by atoms with E-state index in [1.165, 1.54) is 0 Å². The number of hydrogen-bond donors (Lipinski definition) is 0. The number of nitrogens with zero attached hydrogens (tertiary/aromatic N) is 4. The molecule has 5 rings (SSSR count). The van der Waals surface area contributed by atoms with Crippen molar-refractivity contribution in [1.82, 2.24) is 14.5 Å². The Kier molecular flexibility index (Phi) is 7.45. The Morgan fingerprint density at radius 3 is 2.50 bits per heavy atom. The molecular weight excluding hydrogens is 476 g/mol. The molecule has 38 heavy (non-hydrogen) atoms. The molecule has 1 saturated heterocycles. The van der Waals surface area contributed by atoms with Gasteiger partial charge in [-0.1, -0.05) is 54.6 Å². The molecule has 2 amide bonds. The van der Waals surface area contributed by atoms with Crippen LogP contribution in [0.4, 0.5) is 5.69 Å². The summed E-state index contributed by atoms with van der Waals surface area (Å²) in [5, 5.41) is 0. The van der Waals surface area contributed by atoms with Crippen LogP contribution in [0.3, 0.4) is 0 Å². The van der Waals surface area contributed by atoms with Gasteiger partial charge in [0, 0.05) is 31.5 Å². The maximum atomic E-state index is 13.7. The molecule has 4 aromatic rings. The summed E-state index contributed by atoms with van der Waals surface area (Å²) in [6, 6.07) is 25.6. The van der Waals surface area contributed by atoms with Crippen molar-refractivity contribution in [2.45, 2.75) is 52.2 Å². The van der Waals surface area contributed by atoms with Crippen molar-refractivity contribution < 1.29 is 14.3 Å². The summed E-state index contributed by atoms with van der Waals surface area (Å²) in [5.41, 5.74) is 3.60. The predicted molar refractivity (Wildman–Crippen MR) is 149 cm³/mol. The number of amides is 2. The zero-order chi connectivity index (χ0) is 26.6. The smallest absolute Gasteiger partial charge is 0.243 e. The van der Waals surface area contributed by atoms with Crippen LogP contribution in [0.5, 0.6) is 5.75 Å². The van der Waals surface area contributed by atoms with Crippen molar-refractivity contribution in [2.75, 3.05) is 18.1 Å². The van der Waals surface area contributed by atoms with E-state index in [4.69, 9.17) is 9.72 Å². The monoisotopic (exact) mass is 510 g/mol. The van der Waals surface area contributed by atoms with Gasteiger partial charge in [-0.25, -0.2) is 4.98 Å². The maximum Gasteiger partial charge on any atom is 0.243 e. The number of fused-ring (bicyclic) bond motifs is 1. The first-order valence-electron chi connectivity index (χ1n) is 13.3. The van der Waals surface area contributed by atoms with Crippen LogP contribution in [0.15, 0.2) is 78.9 Å². The summed E-state index contributed by atoms with van der Waals surface area (Å²) in [5.74, 6) is 1.38. The Bertz CT molecular complexity index is 1430. The Balaban J connectivity index is 1.45. The number of hydrogen-bond acceptors (Lipinski definition) is 4. The van der Waals surface area contributed by atoms with E-state index in [0.717, 1.165) is 28.1 Å². The third-order valence-corrected chi connectivity index (χ3v) is 7.06. The van der Waals surface area contributed by atoms with E-state index in [1.54, 1.807) is 4.90 Å². The SMILES string of the molecule is CCOc1ccccc1N1CC(c2nc3ccccc3n2CC(=O)N(Cc2ccccc2)C(C)C)CC1=O. The zero-order valence-electron chi connectivity index (χ0n) is 22.2. The van der Waals surface area contributed by atoms with Crippen LogP contribution in [0.2, 0.25) is 0 Å². The number of benzene rings is 3. The molecule has 1 aromatic heterocycles. The van der Waals surface area contributed by atoms with Crippen LogP contribution in [-0.4, -0.2) is 45.5 Å². The lowest BCUT2D eigenvalue weighted by Gasteiger charge is -2.28. The summed E-state index contributed by atoms with van der Waals surface area (Å²) in [7, 11) is 0. The Labute approximate surface area is 223 Å². The van der Waals surface area contributed by atoms with E-state index in [9.17, 15) is 9.59 Å². The van der Waals surface area contributed by atoms with Gasteiger partial charge in [0.2, 0.25) is 11.8 Å². The van der Waals surface area contributed by atoms with Gasteiger partial charge in [-0.3, -0.25) is 9.59 Å². The first-order chi connectivity index (χ1) is 18.5. The Hall–Kier alpha value is -4.13. The molecule has 2 heterocycles. The van der Waals surface area contributed by atoms with Gasteiger partial charge in [-0.05, 0) is 50.6 Å². The average Bonchev–Trinajstić information content (AvgIpc) is 3.48. The molecule has 0 bridgehead atoms. The van der Waals surface area contributed by atoms with Crippen molar-refractivity contribution >= 4 is 28.5 Å². The molecule has 3 aromatic carbocycles. The molecule has 0 aliphatic carbocycles. The minimum Gasteiger partial charge on any atom is -0.492 e. The van der Waals surface area contributed by atoms with E-state index < -0.39 is 0 Å². The van der Waals surface area contributed by atoms with Gasteiger partial charge in [0.25, 0.3) is 0 Å². The minimum atomic E-state index is -0.140. The molecule has 7 nitrogen and oxygen atoms in total. The Morgan fingerprint density at radius 2 is 1.74 bits per heavy atom. The zero-order valence-corrected chi connectivity index (χ0v) is 22.2. The molecule has 0 N–H and O–H groups in total. The lowest BCUT2D eigenvalue weighted by Crippen LogP contribution is -2.39. The molecule has 1 aliphatic heterocycles. The van der Waals surface area contributed by atoms with E-state index in [1.807, 2.05) is 109 Å². The van der Waals surface area contributed by atoms with E-state index in [-0.39, 0.29) is 30.3 Å². The average molecular weight is 511 g/mol. The van der Waals surface area contributed by atoms with Crippen LogP contribution in [0, 0.1) is 0 Å². The molecule has 0 spiro atoms. The highest BCUT2D eigenvalue weighted by atomic mass is 16.5. The molecule has 1 unspecified atom stereocenters. The van der Waals surface area contributed by atoms with Crippen LogP contribution in [0.1, 0.15) is 44.5 Å². The molecule has 7 heteroatoms. The van der Waals surface area contributed by atoms with Crippen molar-refractivity contribution in [2.24, 2.45) is 0 Å². The summed E-state index contributed by atoms with van der Waals surface area (Å²) >= 11 is 0. The van der Waals surface area contributed by atoms with Gasteiger partial charge in [-0.2, -0.15) is 0 Å². The molecule has 0 saturated carbocycles. The molecule has 1 atom stereocenters. The minimum absolute atomic E-state index is 0.0242. The molecule has 0 radical (unpaired) electrons. The second-order valence-electron chi connectivity index (χ2n) is 9.95. The van der Waals surface area contributed by atoms with Gasteiger partial charge in [0.1, 0.15) is 18.1 Å². The number of ether oxygens (including phenoxy) is 1. The molecule has 1 aliphatic rings. The van der Waals surface area contributed by atoms with Crippen LogP contribution >= 0.6 is 0 Å². The fraction of sp³-hybridized carbons (Fsp3) is 0.323. The summed E-state index contributed by atoms with van der Waals surface area (Å²) in [4.78, 5) is 35.6. The predicted octanol–water partition coefficient (Wildman–Crippen LogP) is 5.39. The van der Waals surface area contributed by atoms with Crippen LogP contribution < -0.4 is 9.64 Å². The lowest BCUT2D eigenvalue weighted by molar-refractivity contribution is -0.134. The standard InChI is InChI=1S/C31H34N4O3/c1-4-38-28-17-11-10-16-27(28)34-20-24(18-29(34)36)31-32-25-14-8-9-15-26(25)35(31)21-30(37)33(22(2)3)19-23-12-6-5-7-13-23/h5-17,22,24H,4,18-21H2,1-3H3. The molecule has 196 valence electrons. The van der Waals surface area contributed by atoms with Crippen molar-refractivity contribution in [3.05, 3.63) is 90.3 Å². The summed E-state index contributed by atoms with van der Waals surface area (Å²) < 4.78 is 7.80. The second kappa shape index (κ2) is 11.1. The molecule has 1 fully saturated rings. The normalized spacial score (nSPS) is 15.4.